The van der Waals surface area contributed by atoms with Crippen LogP contribution in [0, 0.1) is 11.3 Å². The lowest BCUT2D eigenvalue weighted by atomic mass is 9.84. The number of carbonyl (C=O) groups is 1. The highest BCUT2D eigenvalue weighted by molar-refractivity contribution is 5.78. The van der Waals surface area contributed by atoms with E-state index >= 15 is 0 Å². The van der Waals surface area contributed by atoms with Gasteiger partial charge in [0.2, 0.25) is 5.91 Å². The molecule has 0 saturated heterocycles. The predicted molar refractivity (Wildman–Crippen MR) is 115 cm³/mol. The lowest BCUT2D eigenvalue weighted by molar-refractivity contribution is -0.133. The van der Waals surface area contributed by atoms with E-state index in [1.165, 1.54) is 0 Å². The van der Waals surface area contributed by atoms with Crippen molar-refractivity contribution >= 4 is 16.8 Å². The Morgan fingerprint density at radius 2 is 1.86 bits per heavy atom. The zero-order chi connectivity index (χ0) is 21.1. The van der Waals surface area contributed by atoms with Crippen LogP contribution in [-0.4, -0.2) is 27.4 Å². The number of benzene rings is 1. The summed E-state index contributed by atoms with van der Waals surface area (Å²) >= 11 is 0. The molecule has 1 aromatic carbocycles. The third-order valence-corrected chi connectivity index (χ3v) is 5.24. The molecule has 2 atom stereocenters. The molecule has 0 aliphatic heterocycles. The Labute approximate surface area is 168 Å². The highest BCUT2D eigenvalue weighted by Gasteiger charge is 2.27. The van der Waals surface area contributed by atoms with E-state index in [-0.39, 0.29) is 22.9 Å². The molecule has 0 fully saturated rings. The molecule has 0 aliphatic rings. The van der Waals surface area contributed by atoms with E-state index < -0.39 is 0 Å². The molecule has 5 heteroatoms. The molecule has 2 aromatic rings. The van der Waals surface area contributed by atoms with E-state index in [2.05, 4.69) is 27.7 Å². The molecular formula is C23H35N3O2. The maximum absolute atomic E-state index is 13.0. The van der Waals surface area contributed by atoms with E-state index in [1.54, 1.807) is 9.47 Å². The van der Waals surface area contributed by atoms with Crippen LogP contribution in [-0.2, 0) is 11.3 Å². The van der Waals surface area contributed by atoms with Gasteiger partial charge in [0.1, 0.15) is 5.82 Å². The molecule has 28 heavy (non-hydrogen) atoms. The zero-order valence-corrected chi connectivity index (χ0v) is 18.5. The molecule has 2 unspecified atom stereocenters. The van der Waals surface area contributed by atoms with E-state index in [0.29, 0.717) is 42.0 Å². The van der Waals surface area contributed by atoms with Gasteiger partial charge in [0.05, 0.1) is 16.9 Å². The quantitative estimate of drug-likeness (QED) is 0.689. The summed E-state index contributed by atoms with van der Waals surface area (Å²) in [6, 6.07) is 7.20. The summed E-state index contributed by atoms with van der Waals surface area (Å²) < 4.78 is 1.71. The average molecular weight is 386 g/mol. The maximum Gasteiger partial charge on any atom is 0.261 e. The molecule has 2 rings (SSSR count). The topological polar surface area (TPSA) is 55.2 Å². The molecule has 1 amide bonds. The molecule has 0 bridgehead atoms. The van der Waals surface area contributed by atoms with Gasteiger partial charge < -0.3 is 4.90 Å². The summed E-state index contributed by atoms with van der Waals surface area (Å²) in [6.07, 6.45) is 2.21. The summed E-state index contributed by atoms with van der Waals surface area (Å²) in [7, 11) is 1.83. The van der Waals surface area contributed by atoms with Crippen molar-refractivity contribution in [2.24, 2.45) is 11.3 Å². The van der Waals surface area contributed by atoms with Crippen molar-refractivity contribution in [1.29, 1.82) is 0 Å². The van der Waals surface area contributed by atoms with E-state index in [9.17, 15) is 9.59 Å². The number of fused-ring (bicyclic) bond motifs is 1. The summed E-state index contributed by atoms with van der Waals surface area (Å²) in [5, 5.41) is 0.621. The monoisotopic (exact) mass is 385 g/mol. The van der Waals surface area contributed by atoms with Crippen LogP contribution in [0.25, 0.3) is 10.9 Å². The lowest BCUT2D eigenvalue weighted by Gasteiger charge is -2.30. The van der Waals surface area contributed by atoms with Gasteiger partial charge in [0.25, 0.3) is 5.56 Å². The molecule has 0 aliphatic carbocycles. The highest BCUT2D eigenvalue weighted by atomic mass is 16.2. The molecule has 154 valence electrons. The smallest absolute Gasteiger partial charge is 0.261 e. The molecule has 5 nitrogen and oxygen atoms in total. The van der Waals surface area contributed by atoms with Crippen LogP contribution in [0.4, 0.5) is 0 Å². The minimum atomic E-state index is -0.216. The first-order valence-corrected chi connectivity index (χ1v) is 10.3. The van der Waals surface area contributed by atoms with Crippen LogP contribution in [0.2, 0.25) is 0 Å². The molecule has 0 radical (unpaired) electrons. The van der Waals surface area contributed by atoms with E-state index in [1.807, 2.05) is 45.2 Å². The minimum Gasteiger partial charge on any atom is -0.336 e. The van der Waals surface area contributed by atoms with Gasteiger partial charge in [-0.1, -0.05) is 46.8 Å². The largest absolute Gasteiger partial charge is 0.336 e. The Bertz CT molecular complexity index is 880. The van der Waals surface area contributed by atoms with Crippen molar-refractivity contribution in [1.82, 2.24) is 14.5 Å². The van der Waals surface area contributed by atoms with Crippen molar-refractivity contribution in [3.05, 3.63) is 40.4 Å². The lowest BCUT2D eigenvalue weighted by Crippen LogP contribution is -2.37. The number of aromatic nitrogens is 2. The third kappa shape index (κ3) is 5.00. The van der Waals surface area contributed by atoms with Crippen molar-refractivity contribution in [3.63, 3.8) is 0 Å². The molecule has 1 aromatic heterocycles. The van der Waals surface area contributed by atoms with Crippen LogP contribution in [0.15, 0.2) is 29.1 Å². The van der Waals surface area contributed by atoms with Crippen LogP contribution in [0.3, 0.4) is 0 Å². The Morgan fingerprint density at radius 3 is 2.43 bits per heavy atom. The SMILES string of the molecule is CCC(c1nc2ccccc2c(=O)n1CC)N(C)C(=O)CC(C)CC(C)(C)C. The number of hydrogen-bond donors (Lipinski definition) is 0. The van der Waals surface area contributed by atoms with Gasteiger partial charge in [-0.25, -0.2) is 4.98 Å². The summed E-state index contributed by atoms with van der Waals surface area (Å²) in [5.41, 5.74) is 0.849. The highest BCUT2D eigenvalue weighted by Crippen LogP contribution is 2.28. The first-order chi connectivity index (χ1) is 13.1. The van der Waals surface area contributed by atoms with Crippen molar-refractivity contribution in [2.75, 3.05) is 7.05 Å². The fourth-order valence-electron chi connectivity index (χ4n) is 4.11. The summed E-state index contributed by atoms with van der Waals surface area (Å²) in [5.74, 6) is 1.09. The van der Waals surface area contributed by atoms with Gasteiger partial charge >= 0.3 is 0 Å². The predicted octanol–water partition coefficient (Wildman–Crippen LogP) is 4.79. The van der Waals surface area contributed by atoms with Crippen LogP contribution < -0.4 is 5.56 Å². The Morgan fingerprint density at radius 1 is 1.21 bits per heavy atom. The average Bonchev–Trinajstić information content (AvgIpc) is 2.60. The first-order valence-electron chi connectivity index (χ1n) is 10.3. The number of carbonyl (C=O) groups excluding carboxylic acids is 1. The Balaban J connectivity index is 2.36. The summed E-state index contributed by atoms with van der Waals surface area (Å²) in [4.78, 5) is 32.5. The standard InChI is InChI=1S/C23H35N3O2/c1-8-19(25(7)20(27)14-16(3)15-23(4,5)6)21-24-18-13-11-10-12-17(18)22(28)26(21)9-2/h10-13,16,19H,8-9,14-15H2,1-7H3. The van der Waals surface area contributed by atoms with Gasteiger partial charge in [-0.3, -0.25) is 14.2 Å². The second-order valence-electron chi connectivity index (χ2n) is 9.04. The van der Waals surface area contributed by atoms with Crippen LogP contribution >= 0.6 is 0 Å². The van der Waals surface area contributed by atoms with E-state index in [0.717, 1.165) is 6.42 Å². The number of hydrogen-bond acceptors (Lipinski definition) is 3. The number of nitrogens with zero attached hydrogens (tertiary/aromatic N) is 3. The van der Waals surface area contributed by atoms with Gasteiger partial charge in [-0.2, -0.15) is 0 Å². The van der Waals surface area contributed by atoms with Crippen molar-refractivity contribution in [2.45, 2.75) is 73.4 Å². The van der Waals surface area contributed by atoms with E-state index in [4.69, 9.17) is 4.98 Å². The molecule has 0 spiro atoms. The van der Waals surface area contributed by atoms with Crippen molar-refractivity contribution < 1.29 is 4.79 Å². The van der Waals surface area contributed by atoms with Gasteiger partial charge in [0.15, 0.2) is 0 Å². The van der Waals surface area contributed by atoms with Gasteiger partial charge in [-0.05, 0) is 43.2 Å². The van der Waals surface area contributed by atoms with Crippen LogP contribution in [0.5, 0.6) is 0 Å². The molecular weight excluding hydrogens is 350 g/mol. The van der Waals surface area contributed by atoms with Crippen LogP contribution in [0.1, 0.15) is 72.7 Å². The van der Waals surface area contributed by atoms with Gasteiger partial charge in [-0.15, -0.1) is 0 Å². The number of rotatable bonds is 7. The normalized spacial score (nSPS) is 14.1. The number of amides is 1. The minimum absolute atomic E-state index is 0.0384. The third-order valence-electron chi connectivity index (χ3n) is 5.24. The summed E-state index contributed by atoms with van der Waals surface area (Å²) in [6.45, 7) is 13.2. The zero-order valence-electron chi connectivity index (χ0n) is 18.5. The molecule has 0 N–H and O–H groups in total. The Hall–Kier alpha value is -2.17. The Kier molecular flexibility index (Phi) is 7.02. The molecule has 1 heterocycles. The fourth-order valence-corrected chi connectivity index (χ4v) is 4.11. The number of para-hydroxylation sites is 1. The second-order valence-corrected chi connectivity index (χ2v) is 9.04. The van der Waals surface area contributed by atoms with Gasteiger partial charge in [0, 0.05) is 20.0 Å². The molecule has 0 saturated carbocycles. The van der Waals surface area contributed by atoms with Crippen molar-refractivity contribution in [3.8, 4) is 0 Å². The maximum atomic E-state index is 13.0. The second kappa shape index (κ2) is 8.89. The first kappa shape index (κ1) is 22.1. The fraction of sp³-hybridized carbons (Fsp3) is 0.609.